The number of aliphatic hydroxyl groups excluding tert-OH is 1. The van der Waals surface area contributed by atoms with Crippen LogP contribution in [-0.2, 0) is 19.4 Å². The number of carbonyl (C=O) groups excluding carboxylic acids is 1. The van der Waals surface area contributed by atoms with Gasteiger partial charge in [-0.3, -0.25) is 0 Å². The molecule has 9 heteroatoms. The molecule has 1 unspecified atom stereocenters. The Morgan fingerprint density at radius 1 is 1.13 bits per heavy atom. The Kier molecular flexibility index (Phi) is 6.18. The molecule has 0 amide bonds. The fourth-order valence-electron chi connectivity index (χ4n) is 3.21. The molecule has 1 aliphatic heterocycles. The normalized spacial score (nSPS) is 18.3. The van der Waals surface area contributed by atoms with Gasteiger partial charge in [0.15, 0.2) is 9.84 Å². The lowest BCUT2D eigenvalue weighted by Gasteiger charge is -2.30. The zero-order valence-corrected chi connectivity index (χ0v) is 19.4. The predicted octanol–water partition coefficient (Wildman–Crippen LogP) is 3.39. The van der Waals surface area contributed by atoms with E-state index in [0.29, 0.717) is 22.5 Å². The number of hydrogen-bond acceptors (Lipinski definition) is 7. The van der Waals surface area contributed by atoms with Crippen molar-refractivity contribution in [2.45, 2.75) is 36.9 Å². The molecule has 0 fully saturated rings. The second-order valence-corrected chi connectivity index (χ2v) is 10.7. The molecule has 7 nitrogen and oxygen atoms in total. The maximum atomic E-state index is 12.8. The van der Waals surface area contributed by atoms with Crippen molar-refractivity contribution in [1.29, 1.82) is 0 Å². The summed E-state index contributed by atoms with van der Waals surface area (Å²) in [7, 11) is -3.63. The number of fused-ring (bicyclic) bond motifs is 1. The molecule has 162 valence electrons. The van der Waals surface area contributed by atoms with Crippen LogP contribution in [0.1, 0.15) is 20.8 Å². The lowest BCUT2D eigenvalue weighted by molar-refractivity contribution is -0.158. The van der Waals surface area contributed by atoms with Crippen LogP contribution in [0.4, 0.5) is 11.4 Å². The van der Waals surface area contributed by atoms with Gasteiger partial charge in [-0.1, -0.05) is 40.2 Å². The SMILES string of the molecule is CC(C)(C)OC(=O)C1(CBr)Nc2ccc(-c3ccccc3S(=O)(=O)CCO)cc2N1. The summed E-state index contributed by atoms with van der Waals surface area (Å²) in [5.74, 6) is -0.796. The minimum absolute atomic E-state index is 0.156. The van der Waals surface area contributed by atoms with Gasteiger partial charge in [-0.05, 0) is 44.5 Å². The molecule has 2 aromatic rings. The third-order valence-electron chi connectivity index (χ3n) is 4.56. The maximum absolute atomic E-state index is 12.8. The van der Waals surface area contributed by atoms with Crippen molar-refractivity contribution in [3.63, 3.8) is 0 Å². The molecule has 1 heterocycles. The first-order chi connectivity index (χ1) is 14.0. The second-order valence-electron chi connectivity index (χ2n) is 8.09. The lowest BCUT2D eigenvalue weighted by atomic mass is 10.0. The highest BCUT2D eigenvalue weighted by Gasteiger charge is 2.45. The van der Waals surface area contributed by atoms with Gasteiger partial charge in [0.05, 0.1) is 34.0 Å². The topological polar surface area (TPSA) is 105 Å². The monoisotopic (exact) mass is 496 g/mol. The van der Waals surface area contributed by atoms with Gasteiger partial charge >= 0.3 is 5.97 Å². The highest BCUT2D eigenvalue weighted by atomic mass is 79.9. The highest BCUT2D eigenvalue weighted by molar-refractivity contribution is 9.09. The van der Waals surface area contributed by atoms with Crippen molar-refractivity contribution in [3.8, 4) is 11.1 Å². The van der Waals surface area contributed by atoms with Crippen LogP contribution >= 0.6 is 15.9 Å². The van der Waals surface area contributed by atoms with Crippen molar-refractivity contribution in [3.05, 3.63) is 42.5 Å². The fraction of sp³-hybridized carbons (Fsp3) is 0.381. The Morgan fingerprint density at radius 3 is 2.43 bits per heavy atom. The van der Waals surface area contributed by atoms with Gasteiger partial charge in [0.25, 0.3) is 0 Å². The number of sulfone groups is 1. The van der Waals surface area contributed by atoms with E-state index >= 15 is 0 Å². The molecule has 0 bridgehead atoms. The number of aliphatic hydroxyl groups is 1. The van der Waals surface area contributed by atoms with E-state index in [2.05, 4.69) is 26.6 Å². The van der Waals surface area contributed by atoms with Gasteiger partial charge in [0.1, 0.15) is 5.60 Å². The van der Waals surface area contributed by atoms with Crippen molar-refractivity contribution >= 4 is 43.1 Å². The van der Waals surface area contributed by atoms with Crippen LogP contribution in [0.5, 0.6) is 0 Å². The van der Waals surface area contributed by atoms with Crippen molar-refractivity contribution in [1.82, 2.24) is 0 Å². The molecule has 2 aromatic carbocycles. The second kappa shape index (κ2) is 8.20. The van der Waals surface area contributed by atoms with Gasteiger partial charge in [-0.2, -0.15) is 0 Å². The smallest absolute Gasteiger partial charge is 0.354 e. The first-order valence-electron chi connectivity index (χ1n) is 9.44. The molecule has 30 heavy (non-hydrogen) atoms. The Labute approximate surface area is 184 Å². The summed E-state index contributed by atoms with van der Waals surface area (Å²) in [4.78, 5) is 13.0. The zero-order valence-electron chi connectivity index (χ0n) is 17.0. The average molecular weight is 497 g/mol. The molecule has 3 rings (SSSR count). The van der Waals surface area contributed by atoms with Gasteiger partial charge in [-0.15, -0.1) is 0 Å². The summed E-state index contributed by atoms with van der Waals surface area (Å²) in [5.41, 5.74) is 0.762. The number of anilines is 2. The summed E-state index contributed by atoms with van der Waals surface area (Å²) in [6, 6.07) is 12.0. The fourth-order valence-corrected chi connectivity index (χ4v) is 4.99. The van der Waals surface area contributed by atoms with Crippen molar-refractivity contribution < 1.29 is 23.1 Å². The third kappa shape index (κ3) is 4.48. The van der Waals surface area contributed by atoms with Crippen LogP contribution in [0.15, 0.2) is 47.4 Å². The molecule has 0 saturated carbocycles. The average Bonchev–Trinajstić information content (AvgIpc) is 3.06. The number of hydrogen-bond donors (Lipinski definition) is 3. The first kappa shape index (κ1) is 22.6. The van der Waals surface area contributed by atoms with Crippen LogP contribution in [0.3, 0.4) is 0 Å². The van der Waals surface area contributed by atoms with Crippen LogP contribution in [0.25, 0.3) is 11.1 Å². The predicted molar refractivity (Wildman–Crippen MR) is 121 cm³/mol. The molecular formula is C21H25BrN2O5S. The number of rotatable bonds is 6. The van der Waals surface area contributed by atoms with E-state index in [1.54, 1.807) is 57.2 Å². The molecule has 1 aliphatic rings. The van der Waals surface area contributed by atoms with Gasteiger partial charge < -0.3 is 20.5 Å². The summed E-state index contributed by atoms with van der Waals surface area (Å²) in [6.45, 7) is 4.96. The van der Waals surface area contributed by atoms with Crippen LogP contribution in [0.2, 0.25) is 0 Å². The number of alkyl halides is 1. The standard InChI is InChI=1S/C21H25BrN2O5S/c1-20(2,3)29-19(26)21(13-22)23-16-9-8-14(12-17(16)24-21)15-6-4-5-7-18(15)30(27,28)11-10-25/h4-9,12,23-25H,10-11,13H2,1-3H3. The maximum Gasteiger partial charge on any atom is 0.354 e. The van der Waals surface area contributed by atoms with Gasteiger partial charge in [0.2, 0.25) is 5.66 Å². The van der Waals surface area contributed by atoms with Crippen LogP contribution in [-0.4, -0.2) is 48.4 Å². The number of nitrogens with one attached hydrogen (secondary N) is 2. The summed E-state index contributed by atoms with van der Waals surface area (Å²) < 4.78 is 30.7. The summed E-state index contributed by atoms with van der Waals surface area (Å²) >= 11 is 3.39. The number of carbonyl (C=O) groups is 1. The molecule has 0 spiro atoms. The lowest BCUT2D eigenvalue weighted by Crippen LogP contribution is -2.54. The highest BCUT2D eigenvalue weighted by Crippen LogP contribution is 2.40. The van der Waals surface area contributed by atoms with E-state index in [9.17, 15) is 13.2 Å². The Hall–Kier alpha value is -2.10. The summed E-state index contributed by atoms with van der Waals surface area (Å²) in [6.07, 6.45) is 0. The minimum Gasteiger partial charge on any atom is -0.457 e. The quantitative estimate of drug-likeness (QED) is 0.415. The Morgan fingerprint density at radius 2 is 1.80 bits per heavy atom. The van der Waals surface area contributed by atoms with Crippen LogP contribution < -0.4 is 10.6 Å². The van der Waals surface area contributed by atoms with Gasteiger partial charge in [0, 0.05) is 5.56 Å². The molecule has 1 atom stereocenters. The number of halogens is 1. The third-order valence-corrected chi connectivity index (χ3v) is 7.14. The zero-order chi connectivity index (χ0) is 22.2. The van der Waals surface area contributed by atoms with E-state index < -0.39 is 33.7 Å². The largest absolute Gasteiger partial charge is 0.457 e. The molecular weight excluding hydrogens is 472 g/mol. The Balaban J connectivity index is 1.98. The number of esters is 1. The van der Waals surface area contributed by atoms with Crippen molar-refractivity contribution in [2.24, 2.45) is 0 Å². The molecule has 0 saturated heterocycles. The van der Waals surface area contributed by atoms with E-state index in [1.807, 2.05) is 0 Å². The molecule has 0 radical (unpaired) electrons. The molecule has 3 N–H and O–H groups in total. The van der Waals surface area contributed by atoms with E-state index in [0.717, 1.165) is 0 Å². The first-order valence-corrected chi connectivity index (χ1v) is 12.2. The van der Waals surface area contributed by atoms with Crippen molar-refractivity contribution in [2.75, 3.05) is 28.3 Å². The van der Waals surface area contributed by atoms with E-state index in [4.69, 9.17) is 9.84 Å². The molecule has 0 aliphatic carbocycles. The Bertz CT molecular complexity index is 1070. The number of ether oxygens (including phenoxy) is 1. The van der Waals surface area contributed by atoms with E-state index in [-0.39, 0.29) is 16.0 Å². The minimum atomic E-state index is -3.63. The summed E-state index contributed by atoms with van der Waals surface area (Å²) in [5, 5.41) is 15.8. The van der Waals surface area contributed by atoms with Crippen LogP contribution in [0, 0.1) is 0 Å². The number of benzene rings is 2. The van der Waals surface area contributed by atoms with E-state index in [1.165, 1.54) is 6.07 Å². The van der Waals surface area contributed by atoms with Gasteiger partial charge in [-0.25, -0.2) is 13.2 Å². The molecule has 0 aromatic heterocycles.